The molecule has 1 N–H and O–H groups in total. The number of aromatic nitrogens is 1. The maximum absolute atomic E-state index is 12.9. The van der Waals surface area contributed by atoms with E-state index >= 15 is 0 Å². The topological polar surface area (TPSA) is 45.2 Å². The van der Waals surface area contributed by atoms with Crippen LogP contribution in [0.3, 0.4) is 0 Å². The highest BCUT2D eigenvalue weighted by atomic mass is 19.1. The van der Waals surface area contributed by atoms with E-state index in [0.717, 1.165) is 17.5 Å². The minimum Gasteiger partial charge on any atom is -0.338 e. The van der Waals surface area contributed by atoms with E-state index in [1.54, 1.807) is 36.5 Å². The number of hydrogen-bond donors (Lipinski definition) is 1. The number of urea groups is 1. The van der Waals surface area contributed by atoms with Gasteiger partial charge in [-0.3, -0.25) is 4.98 Å². The van der Waals surface area contributed by atoms with E-state index in [1.807, 2.05) is 19.1 Å². The first kappa shape index (κ1) is 15.9. The number of pyridine rings is 1. The predicted molar refractivity (Wildman–Crippen MR) is 83.9 cm³/mol. The van der Waals surface area contributed by atoms with Crippen molar-refractivity contribution < 1.29 is 9.18 Å². The first-order valence-corrected chi connectivity index (χ1v) is 7.23. The van der Waals surface area contributed by atoms with E-state index in [-0.39, 0.29) is 17.9 Å². The molecular weight excluding hydrogens is 281 g/mol. The molecule has 4 nitrogen and oxygen atoms in total. The van der Waals surface area contributed by atoms with Gasteiger partial charge in [0.25, 0.3) is 0 Å². The van der Waals surface area contributed by atoms with Crippen LogP contribution in [0.4, 0.5) is 9.18 Å². The Morgan fingerprint density at radius 1 is 1.32 bits per heavy atom. The summed E-state index contributed by atoms with van der Waals surface area (Å²) >= 11 is 0. The number of nitrogens with one attached hydrogen (secondary N) is 1. The van der Waals surface area contributed by atoms with Crippen molar-refractivity contribution in [2.45, 2.75) is 19.4 Å². The third kappa shape index (κ3) is 4.28. The molecule has 0 saturated carbocycles. The molecule has 0 aliphatic carbocycles. The van der Waals surface area contributed by atoms with Crippen LogP contribution < -0.4 is 5.32 Å². The maximum atomic E-state index is 12.9. The third-order valence-electron chi connectivity index (χ3n) is 3.67. The van der Waals surface area contributed by atoms with E-state index in [1.165, 1.54) is 12.1 Å². The average Bonchev–Trinajstić information content (AvgIpc) is 2.55. The van der Waals surface area contributed by atoms with Gasteiger partial charge in [-0.15, -0.1) is 0 Å². The fraction of sp³-hybridized carbons (Fsp3) is 0.294. The van der Waals surface area contributed by atoms with E-state index in [2.05, 4.69) is 10.3 Å². The molecule has 1 aromatic carbocycles. The van der Waals surface area contributed by atoms with E-state index in [0.29, 0.717) is 6.54 Å². The van der Waals surface area contributed by atoms with Crippen molar-refractivity contribution in [3.8, 4) is 0 Å². The van der Waals surface area contributed by atoms with Crippen LogP contribution in [0.15, 0.2) is 48.8 Å². The summed E-state index contributed by atoms with van der Waals surface area (Å²) in [5.41, 5.74) is 1.98. The smallest absolute Gasteiger partial charge is 0.317 e. The average molecular weight is 301 g/mol. The van der Waals surface area contributed by atoms with Gasteiger partial charge < -0.3 is 10.2 Å². The molecule has 116 valence electrons. The maximum Gasteiger partial charge on any atom is 0.317 e. The Morgan fingerprint density at radius 2 is 2.05 bits per heavy atom. The molecule has 5 heteroatoms. The van der Waals surface area contributed by atoms with Crippen molar-refractivity contribution >= 4 is 6.03 Å². The van der Waals surface area contributed by atoms with Gasteiger partial charge in [-0.05, 0) is 42.7 Å². The summed E-state index contributed by atoms with van der Waals surface area (Å²) in [5, 5.41) is 2.88. The van der Waals surface area contributed by atoms with Gasteiger partial charge in [0.05, 0.1) is 6.04 Å². The second kappa shape index (κ2) is 7.54. The fourth-order valence-corrected chi connectivity index (χ4v) is 2.13. The molecule has 0 aliphatic rings. The second-order valence-corrected chi connectivity index (χ2v) is 5.18. The number of amides is 2. The molecule has 1 heterocycles. The first-order chi connectivity index (χ1) is 10.6. The molecule has 0 radical (unpaired) electrons. The molecule has 1 unspecified atom stereocenters. The van der Waals surface area contributed by atoms with Gasteiger partial charge in [0.2, 0.25) is 0 Å². The molecule has 0 fully saturated rings. The highest BCUT2D eigenvalue weighted by Gasteiger charge is 2.16. The number of hydrogen-bond acceptors (Lipinski definition) is 2. The Morgan fingerprint density at radius 3 is 2.68 bits per heavy atom. The SMILES string of the molecule is CC(c1ccc(F)cc1)N(C)C(=O)NCCc1cccnc1. The zero-order valence-electron chi connectivity index (χ0n) is 12.8. The quantitative estimate of drug-likeness (QED) is 0.922. The number of nitrogens with zero attached hydrogens (tertiary/aromatic N) is 2. The van der Waals surface area contributed by atoms with Crippen molar-refractivity contribution in [3.05, 3.63) is 65.7 Å². The van der Waals surface area contributed by atoms with Gasteiger partial charge in [0, 0.05) is 26.0 Å². The van der Waals surface area contributed by atoms with Gasteiger partial charge in [-0.1, -0.05) is 18.2 Å². The number of carbonyl (C=O) groups excluding carboxylic acids is 1. The zero-order valence-corrected chi connectivity index (χ0v) is 12.8. The molecule has 1 atom stereocenters. The Kier molecular flexibility index (Phi) is 5.47. The zero-order chi connectivity index (χ0) is 15.9. The van der Waals surface area contributed by atoms with E-state index < -0.39 is 0 Å². The Labute approximate surface area is 130 Å². The summed E-state index contributed by atoms with van der Waals surface area (Å²) in [6.45, 7) is 2.46. The molecule has 0 bridgehead atoms. The lowest BCUT2D eigenvalue weighted by molar-refractivity contribution is 0.194. The van der Waals surface area contributed by atoms with Gasteiger partial charge in [-0.25, -0.2) is 9.18 Å². The number of rotatable bonds is 5. The predicted octanol–water partition coefficient (Wildman–Crippen LogP) is 3.17. The summed E-state index contributed by atoms with van der Waals surface area (Å²) in [5.74, 6) is -0.278. The van der Waals surface area contributed by atoms with Crippen molar-refractivity contribution in [2.24, 2.45) is 0 Å². The molecular formula is C17H20FN3O. The molecule has 2 rings (SSSR count). The van der Waals surface area contributed by atoms with Crippen LogP contribution in [0, 0.1) is 5.82 Å². The molecule has 0 saturated heterocycles. The highest BCUT2D eigenvalue weighted by molar-refractivity contribution is 5.74. The summed E-state index contributed by atoms with van der Waals surface area (Å²) in [6, 6.07) is 9.77. The van der Waals surface area contributed by atoms with Crippen LogP contribution >= 0.6 is 0 Å². The van der Waals surface area contributed by atoms with Gasteiger partial charge in [-0.2, -0.15) is 0 Å². The second-order valence-electron chi connectivity index (χ2n) is 5.18. The lowest BCUT2D eigenvalue weighted by atomic mass is 10.1. The lowest BCUT2D eigenvalue weighted by Gasteiger charge is -2.25. The molecule has 2 aromatic rings. The normalized spacial score (nSPS) is 11.8. The van der Waals surface area contributed by atoms with Gasteiger partial charge in [0.15, 0.2) is 0 Å². The standard InChI is InChI=1S/C17H20FN3O/c1-13(15-5-7-16(18)8-6-15)21(2)17(22)20-11-9-14-4-3-10-19-12-14/h3-8,10,12-13H,9,11H2,1-2H3,(H,20,22). The van der Waals surface area contributed by atoms with Crippen LogP contribution in [0.2, 0.25) is 0 Å². The molecule has 0 aliphatic heterocycles. The van der Waals surface area contributed by atoms with Crippen LogP contribution in [0.5, 0.6) is 0 Å². The van der Waals surface area contributed by atoms with Gasteiger partial charge >= 0.3 is 6.03 Å². The van der Waals surface area contributed by atoms with Crippen LogP contribution in [-0.2, 0) is 6.42 Å². The Bertz CT molecular complexity index is 601. The van der Waals surface area contributed by atoms with E-state index in [4.69, 9.17) is 0 Å². The first-order valence-electron chi connectivity index (χ1n) is 7.23. The fourth-order valence-electron chi connectivity index (χ4n) is 2.13. The largest absolute Gasteiger partial charge is 0.338 e. The van der Waals surface area contributed by atoms with Crippen LogP contribution in [-0.4, -0.2) is 29.5 Å². The Hall–Kier alpha value is -2.43. The number of halogens is 1. The van der Waals surface area contributed by atoms with Crippen LogP contribution in [0.1, 0.15) is 24.1 Å². The minimum atomic E-state index is -0.278. The van der Waals surface area contributed by atoms with Crippen molar-refractivity contribution in [3.63, 3.8) is 0 Å². The summed E-state index contributed by atoms with van der Waals surface area (Å²) in [7, 11) is 1.73. The molecule has 1 aromatic heterocycles. The summed E-state index contributed by atoms with van der Waals surface area (Å²) in [4.78, 5) is 17.8. The molecule has 2 amide bonds. The monoisotopic (exact) mass is 301 g/mol. The number of carbonyl (C=O) groups is 1. The van der Waals surface area contributed by atoms with Crippen molar-refractivity contribution in [1.82, 2.24) is 15.2 Å². The van der Waals surface area contributed by atoms with Crippen molar-refractivity contribution in [1.29, 1.82) is 0 Å². The summed E-state index contributed by atoms with van der Waals surface area (Å²) < 4.78 is 12.9. The van der Waals surface area contributed by atoms with Crippen molar-refractivity contribution in [2.75, 3.05) is 13.6 Å². The minimum absolute atomic E-state index is 0.126. The third-order valence-corrected chi connectivity index (χ3v) is 3.67. The Balaban J connectivity index is 1.84. The van der Waals surface area contributed by atoms with E-state index in [9.17, 15) is 9.18 Å². The van der Waals surface area contributed by atoms with Gasteiger partial charge in [0.1, 0.15) is 5.82 Å². The molecule has 22 heavy (non-hydrogen) atoms. The van der Waals surface area contributed by atoms with Crippen LogP contribution in [0.25, 0.3) is 0 Å². The lowest BCUT2D eigenvalue weighted by Crippen LogP contribution is -2.39. The summed E-state index contributed by atoms with van der Waals surface area (Å²) in [6.07, 6.45) is 4.25. The number of benzene rings is 1. The highest BCUT2D eigenvalue weighted by Crippen LogP contribution is 2.18. The molecule has 0 spiro atoms.